The van der Waals surface area contributed by atoms with Gasteiger partial charge in [-0.1, -0.05) is 5.11 Å². The van der Waals surface area contributed by atoms with Crippen molar-refractivity contribution >= 4 is 11.6 Å². The van der Waals surface area contributed by atoms with Crippen molar-refractivity contribution in [1.82, 2.24) is 0 Å². The minimum absolute atomic E-state index is 0.138. The molecule has 0 spiro atoms. The lowest BCUT2D eigenvalue weighted by atomic mass is 10.2. The van der Waals surface area contributed by atoms with E-state index in [-0.39, 0.29) is 18.9 Å². The van der Waals surface area contributed by atoms with Crippen LogP contribution in [0.25, 0.3) is 10.4 Å². The molecule has 0 aliphatic heterocycles. The number of nitrogens with zero attached hydrogens (tertiary/aromatic N) is 4. The highest BCUT2D eigenvalue weighted by Gasteiger charge is 2.00. The zero-order valence-corrected chi connectivity index (χ0v) is 8.42. The van der Waals surface area contributed by atoms with Gasteiger partial charge in [0, 0.05) is 23.6 Å². The van der Waals surface area contributed by atoms with Crippen LogP contribution in [0.4, 0.5) is 5.69 Å². The lowest BCUT2D eigenvalue weighted by Crippen LogP contribution is -2.12. The Morgan fingerprint density at radius 1 is 1.50 bits per heavy atom. The summed E-state index contributed by atoms with van der Waals surface area (Å²) in [5.74, 6) is -0.225. The van der Waals surface area contributed by atoms with E-state index in [1.54, 1.807) is 24.3 Å². The Balaban J connectivity index is 2.50. The summed E-state index contributed by atoms with van der Waals surface area (Å²) < 4.78 is 0. The molecule has 0 unspecified atom stereocenters. The second kappa shape index (κ2) is 6.06. The average Bonchev–Trinajstić information content (AvgIpc) is 2.30. The van der Waals surface area contributed by atoms with Crippen LogP contribution in [0.15, 0.2) is 29.4 Å². The van der Waals surface area contributed by atoms with Gasteiger partial charge in [-0.3, -0.25) is 4.79 Å². The fourth-order valence-corrected chi connectivity index (χ4v) is 1.05. The van der Waals surface area contributed by atoms with E-state index in [1.807, 2.05) is 6.07 Å². The van der Waals surface area contributed by atoms with Crippen LogP contribution in [0.5, 0.6) is 0 Å². The molecule has 0 radical (unpaired) electrons. The van der Waals surface area contributed by atoms with Gasteiger partial charge in [0.1, 0.15) is 0 Å². The number of hydrogen-bond donors (Lipinski definition) is 1. The van der Waals surface area contributed by atoms with E-state index in [0.29, 0.717) is 11.3 Å². The first-order valence-corrected chi connectivity index (χ1v) is 4.57. The van der Waals surface area contributed by atoms with Crippen molar-refractivity contribution in [3.63, 3.8) is 0 Å². The zero-order valence-electron chi connectivity index (χ0n) is 8.42. The minimum Gasteiger partial charge on any atom is -0.326 e. The molecule has 0 fully saturated rings. The first-order valence-electron chi connectivity index (χ1n) is 4.57. The molecule has 1 aromatic rings. The van der Waals surface area contributed by atoms with Crippen molar-refractivity contribution in [3.05, 3.63) is 40.3 Å². The van der Waals surface area contributed by atoms with E-state index in [0.717, 1.165) is 0 Å². The lowest BCUT2D eigenvalue weighted by Gasteiger charge is -2.03. The number of benzene rings is 1. The van der Waals surface area contributed by atoms with Gasteiger partial charge in [-0.2, -0.15) is 5.26 Å². The van der Waals surface area contributed by atoms with Crippen LogP contribution in [-0.4, -0.2) is 12.5 Å². The second-order valence-corrected chi connectivity index (χ2v) is 2.94. The highest BCUT2D eigenvalue weighted by atomic mass is 16.1. The molecule has 1 amide bonds. The molecular formula is C10H9N5O. The largest absolute Gasteiger partial charge is 0.326 e. The third-order valence-corrected chi connectivity index (χ3v) is 1.80. The molecule has 1 rings (SSSR count). The van der Waals surface area contributed by atoms with Gasteiger partial charge in [-0.05, 0) is 29.8 Å². The Labute approximate surface area is 92.1 Å². The normalized spacial score (nSPS) is 8.69. The lowest BCUT2D eigenvalue weighted by molar-refractivity contribution is -0.116. The fourth-order valence-electron chi connectivity index (χ4n) is 1.05. The van der Waals surface area contributed by atoms with Crippen LogP contribution < -0.4 is 5.32 Å². The SMILES string of the molecule is N#Cc1ccc(NC(=O)CCN=[N+]=[N-])cc1. The highest BCUT2D eigenvalue weighted by Crippen LogP contribution is 2.08. The first kappa shape index (κ1) is 11.6. The molecule has 6 heteroatoms. The predicted octanol–water partition coefficient (Wildman–Crippen LogP) is 2.20. The van der Waals surface area contributed by atoms with Gasteiger partial charge in [-0.15, -0.1) is 0 Å². The molecule has 0 atom stereocenters. The van der Waals surface area contributed by atoms with E-state index in [9.17, 15) is 4.79 Å². The van der Waals surface area contributed by atoms with Crippen LogP contribution in [-0.2, 0) is 4.79 Å². The van der Waals surface area contributed by atoms with E-state index in [1.165, 1.54) is 0 Å². The molecule has 1 aromatic carbocycles. The van der Waals surface area contributed by atoms with Gasteiger partial charge in [0.15, 0.2) is 0 Å². The van der Waals surface area contributed by atoms with Gasteiger partial charge >= 0.3 is 0 Å². The molecule has 0 aliphatic carbocycles. The van der Waals surface area contributed by atoms with E-state index >= 15 is 0 Å². The Kier molecular flexibility index (Phi) is 4.38. The minimum atomic E-state index is -0.225. The number of carbonyl (C=O) groups excluding carboxylic acids is 1. The summed E-state index contributed by atoms with van der Waals surface area (Å²) in [6.45, 7) is 0.138. The van der Waals surface area contributed by atoms with Crippen molar-refractivity contribution in [2.45, 2.75) is 6.42 Å². The number of anilines is 1. The summed E-state index contributed by atoms with van der Waals surface area (Å²) in [7, 11) is 0. The van der Waals surface area contributed by atoms with Crippen LogP contribution in [0.1, 0.15) is 12.0 Å². The Morgan fingerprint density at radius 2 is 2.19 bits per heavy atom. The smallest absolute Gasteiger partial charge is 0.224 e. The zero-order chi connectivity index (χ0) is 11.8. The summed E-state index contributed by atoms with van der Waals surface area (Å²) in [4.78, 5) is 13.8. The number of hydrogen-bond acceptors (Lipinski definition) is 3. The molecule has 0 bridgehead atoms. The van der Waals surface area contributed by atoms with Crippen molar-refractivity contribution in [2.24, 2.45) is 5.11 Å². The van der Waals surface area contributed by atoms with E-state index in [4.69, 9.17) is 10.8 Å². The monoisotopic (exact) mass is 215 g/mol. The number of amides is 1. The molecule has 0 aliphatic rings. The first-order chi connectivity index (χ1) is 7.76. The van der Waals surface area contributed by atoms with Crippen molar-refractivity contribution in [1.29, 1.82) is 5.26 Å². The highest BCUT2D eigenvalue weighted by molar-refractivity contribution is 5.90. The molecule has 6 nitrogen and oxygen atoms in total. The van der Waals surface area contributed by atoms with Gasteiger partial charge in [0.05, 0.1) is 11.6 Å². The van der Waals surface area contributed by atoms with Crippen molar-refractivity contribution in [2.75, 3.05) is 11.9 Å². The third-order valence-electron chi connectivity index (χ3n) is 1.80. The standard InChI is InChI=1S/C10H9N5O/c11-7-8-1-3-9(4-2-8)14-10(16)5-6-13-15-12/h1-4H,5-6H2,(H,14,16). The van der Waals surface area contributed by atoms with Crippen molar-refractivity contribution < 1.29 is 4.79 Å². The Hall–Kier alpha value is -2.51. The van der Waals surface area contributed by atoms with Crippen LogP contribution in [0.3, 0.4) is 0 Å². The maximum Gasteiger partial charge on any atom is 0.224 e. The van der Waals surface area contributed by atoms with Crippen LogP contribution in [0.2, 0.25) is 0 Å². The van der Waals surface area contributed by atoms with Gasteiger partial charge in [-0.25, -0.2) is 0 Å². The summed E-state index contributed by atoms with van der Waals surface area (Å²) >= 11 is 0. The molecular weight excluding hydrogens is 206 g/mol. The maximum absolute atomic E-state index is 11.3. The molecule has 80 valence electrons. The fraction of sp³-hybridized carbons (Fsp3) is 0.200. The number of azide groups is 1. The molecule has 0 heterocycles. The third kappa shape index (κ3) is 3.70. The molecule has 1 N–H and O–H groups in total. The Bertz CT molecular complexity index is 453. The Morgan fingerprint density at radius 3 is 2.75 bits per heavy atom. The number of carbonyl (C=O) groups is 1. The number of nitrogens with one attached hydrogen (secondary N) is 1. The number of rotatable bonds is 4. The average molecular weight is 215 g/mol. The summed E-state index contributed by atoms with van der Waals surface area (Å²) in [5, 5.41) is 14.4. The van der Waals surface area contributed by atoms with Crippen LogP contribution >= 0.6 is 0 Å². The van der Waals surface area contributed by atoms with E-state index in [2.05, 4.69) is 15.3 Å². The van der Waals surface area contributed by atoms with Gasteiger partial charge in [0.25, 0.3) is 0 Å². The summed E-state index contributed by atoms with van der Waals surface area (Å²) in [5.41, 5.74) is 9.17. The van der Waals surface area contributed by atoms with E-state index < -0.39 is 0 Å². The predicted molar refractivity (Wildman–Crippen MR) is 58.4 cm³/mol. The topological polar surface area (TPSA) is 102 Å². The summed E-state index contributed by atoms with van der Waals surface area (Å²) in [6, 6.07) is 8.50. The molecule has 16 heavy (non-hydrogen) atoms. The molecule has 0 aromatic heterocycles. The second-order valence-electron chi connectivity index (χ2n) is 2.94. The summed E-state index contributed by atoms with van der Waals surface area (Å²) in [6.07, 6.45) is 0.143. The molecule has 0 saturated heterocycles. The maximum atomic E-state index is 11.3. The van der Waals surface area contributed by atoms with Gasteiger partial charge < -0.3 is 5.32 Å². The quantitative estimate of drug-likeness (QED) is 0.472. The van der Waals surface area contributed by atoms with Crippen molar-refractivity contribution in [3.8, 4) is 6.07 Å². The van der Waals surface area contributed by atoms with Crippen LogP contribution in [0, 0.1) is 11.3 Å². The van der Waals surface area contributed by atoms with Gasteiger partial charge in [0.2, 0.25) is 5.91 Å². The molecule has 0 saturated carbocycles. The number of nitriles is 1.